The minimum Gasteiger partial charge on any atom is -0.380 e. The van der Waals surface area contributed by atoms with Gasteiger partial charge in [-0.25, -0.2) is 13.8 Å². The first kappa shape index (κ1) is 39.0. The van der Waals surface area contributed by atoms with Crippen LogP contribution in [0.1, 0.15) is 80.3 Å². The Morgan fingerprint density at radius 1 is 0.966 bits per heavy atom. The second-order valence-electron chi connectivity index (χ2n) is 17.2. The molecule has 0 spiro atoms. The highest BCUT2D eigenvalue weighted by atomic mass is 19.1. The number of imidazole rings is 1. The quantitative estimate of drug-likeness (QED) is 0.109. The topological polar surface area (TPSA) is 91.1 Å². The van der Waals surface area contributed by atoms with Gasteiger partial charge in [-0.3, -0.25) is 14.6 Å². The predicted octanol–water partition coefficient (Wildman–Crippen LogP) is 9.12. The standard InChI is InChI=1S/C47H56F2N10/c1-7-8-44-39(24-50-56(44)6)43-20-33(19-29(3)52-43)30(4)53-47-55-42-14-12-34(21-45(42)59(47)25-32-10-11-32)54-35-26-58(27-35)36-15-17-57(18-16-36)37-22-40(48)46(41(49)23-37)38-13-9-28(2)51-31(38)5/h12,14,19-24,32,35-36,38,51,54H,2,4-5,7-11,13,15-18,25-27H2,1,3,6H3,(H,53,55)/t38-/m0/s1. The lowest BCUT2D eigenvalue weighted by molar-refractivity contribution is 0.0868. The highest BCUT2D eigenvalue weighted by molar-refractivity contribution is 5.85. The number of anilines is 3. The monoisotopic (exact) mass is 798 g/mol. The summed E-state index contributed by atoms with van der Waals surface area (Å²) in [7, 11) is 1.99. The summed E-state index contributed by atoms with van der Waals surface area (Å²) in [5.41, 5.74) is 11.2. The fourth-order valence-electron chi connectivity index (χ4n) is 9.35. The van der Waals surface area contributed by atoms with E-state index in [1.54, 1.807) is 0 Å². The lowest BCUT2D eigenvalue weighted by Gasteiger charge is -2.48. The van der Waals surface area contributed by atoms with E-state index >= 15 is 8.78 Å². The van der Waals surface area contributed by atoms with Crippen LogP contribution in [0.4, 0.5) is 26.1 Å². The molecule has 4 fully saturated rings. The van der Waals surface area contributed by atoms with Gasteiger partial charge in [0.15, 0.2) is 0 Å². The van der Waals surface area contributed by atoms with Crippen molar-refractivity contribution in [1.82, 2.24) is 34.5 Å². The molecule has 1 aliphatic carbocycles. The van der Waals surface area contributed by atoms with E-state index in [2.05, 4.69) is 92.4 Å². The molecule has 3 N–H and O–H groups in total. The number of halogens is 2. The van der Waals surface area contributed by atoms with Crippen LogP contribution in [0.2, 0.25) is 0 Å². The highest BCUT2D eigenvalue weighted by Crippen LogP contribution is 2.39. The zero-order chi connectivity index (χ0) is 40.9. The molecule has 10 nitrogen and oxygen atoms in total. The SMILES string of the molecule is C=C1CC[C@H](c2c(F)cc(N3CCC(N4CC(Nc5ccc6nc(NC(=C)c7cc(C)nc(-c8cnn(C)c8CCC)c7)n(CC7CC7)c6c5)C4)CC3)cc2F)C(=C)N1. The molecule has 0 radical (unpaired) electrons. The molecule has 3 aliphatic heterocycles. The summed E-state index contributed by atoms with van der Waals surface area (Å²) in [6.07, 6.45) is 9.55. The lowest BCUT2D eigenvalue weighted by Crippen LogP contribution is -2.60. The van der Waals surface area contributed by atoms with Gasteiger partial charge >= 0.3 is 0 Å². The van der Waals surface area contributed by atoms with Gasteiger partial charge in [-0.1, -0.05) is 33.1 Å². The lowest BCUT2D eigenvalue weighted by atomic mass is 9.87. The third-order valence-corrected chi connectivity index (χ3v) is 12.8. The van der Waals surface area contributed by atoms with Crippen molar-refractivity contribution in [1.29, 1.82) is 0 Å². The Morgan fingerprint density at radius 2 is 1.73 bits per heavy atom. The van der Waals surface area contributed by atoms with Crippen LogP contribution >= 0.6 is 0 Å². The van der Waals surface area contributed by atoms with Crippen molar-refractivity contribution in [2.75, 3.05) is 41.7 Å². The van der Waals surface area contributed by atoms with Crippen molar-refractivity contribution in [3.8, 4) is 11.3 Å². The molecule has 3 aromatic heterocycles. The summed E-state index contributed by atoms with van der Waals surface area (Å²) in [4.78, 5) is 14.6. The van der Waals surface area contributed by atoms with Gasteiger partial charge < -0.3 is 25.4 Å². The first-order valence-corrected chi connectivity index (χ1v) is 21.4. The largest absolute Gasteiger partial charge is 0.380 e. The van der Waals surface area contributed by atoms with Crippen LogP contribution in [0.5, 0.6) is 0 Å². The van der Waals surface area contributed by atoms with Gasteiger partial charge in [0.05, 0.1) is 29.0 Å². The first-order chi connectivity index (χ1) is 28.5. The number of hydrogen-bond acceptors (Lipinski definition) is 8. The molecule has 2 aromatic carbocycles. The van der Waals surface area contributed by atoms with Crippen LogP contribution in [-0.2, 0) is 20.0 Å². The van der Waals surface area contributed by atoms with E-state index in [4.69, 9.17) is 9.97 Å². The summed E-state index contributed by atoms with van der Waals surface area (Å²) >= 11 is 0. The number of nitrogens with one attached hydrogen (secondary N) is 3. The molecule has 0 unspecified atom stereocenters. The van der Waals surface area contributed by atoms with Crippen molar-refractivity contribution in [3.05, 3.63) is 114 Å². The Hall–Kier alpha value is -5.49. The summed E-state index contributed by atoms with van der Waals surface area (Å²) in [5, 5.41) is 15.0. The van der Waals surface area contributed by atoms with Crippen LogP contribution < -0.4 is 20.9 Å². The van der Waals surface area contributed by atoms with Crippen LogP contribution in [0.3, 0.4) is 0 Å². The molecular weight excluding hydrogens is 743 g/mol. The Balaban J connectivity index is 0.828. The number of hydrogen-bond donors (Lipinski definition) is 3. The van der Waals surface area contributed by atoms with Crippen LogP contribution in [0.15, 0.2) is 79.8 Å². The zero-order valence-corrected chi connectivity index (χ0v) is 34.6. The van der Waals surface area contributed by atoms with Gasteiger partial charge in [0.25, 0.3) is 0 Å². The van der Waals surface area contributed by atoms with E-state index in [0.717, 1.165) is 115 Å². The summed E-state index contributed by atoms with van der Waals surface area (Å²) in [6.45, 7) is 21.0. The molecule has 5 aromatic rings. The van der Waals surface area contributed by atoms with E-state index in [0.29, 0.717) is 42.2 Å². The maximum absolute atomic E-state index is 15.4. The molecule has 12 heteroatoms. The number of aromatic nitrogens is 5. The molecule has 4 aliphatic rings. The maximum atomic E-state index is 15.4. The molecule has 1 atom stereocenters. The molecule has 3 saturated heterocycles. The van der Waals surface area contributed by atoms with Crippen molar-refractivity contribution >= 4 is 34.1 Å². The average molecular weight is 799 g/mol. The predicted molar refractivity (Wildman–Crippen MR) is 234 cm³/mol. The van der Waals surface area contributed by atoms with Crippen molar-refractivity contribution in [3.63, 3.8) is 0 Å². The number of fused-ring (bicyclic) bond motifs is 1. The third kappa shape index (κ3) is 7.99. The average Bonchev–Trinajstić information content (AvgIpc) is 3.86. The fourth-order valence-corrected chi connectivity index (χ4v) is 9.35. The number of benzene rings is 2. The van der Waals surface area contributed by atoms with Crippen LogP contribution in [-0.4, -0.2) is 67.5 Å². The van der Waals surface area contributed by atoms with Gasteiger partial charge in [0.2, 0.25) is 5.95 Å². The Bertz CT molecular complexity index is 2400. The second kappa shape index (κ2) is 15.9. The fraction of sp³-hybridized carbons (Fsp3) is 0.426. The van der Waals surface area contributed by atoms with E-state index in [1.165, 1.54) is 30.7 Å². The minimum atomic E-state index is -0.498. The Labute approximate surface area is 346 Å². The maximum Gasteiger partial charge on any atom is 0.208 e. The summed E-state index contributed by atoms with van der Waals surface area (Å²) < 4.78 is 35.1. The van der Waals surface area contributed by atoms with Crippen molar-refractivity contribution in [2.24, 2.45) is 13.0 Å². The van der Waals surface area contributed by atoms with Crippen molar-refractivity contribution in [2.45, 2.75) is 89.8 Å². The van der Waals surface area contributed by atoms with Gasteiger partial charge in [-0.05, 0) is 100 Å². The van der Waals surface area contributed by atoms with E-state index in [1.807, 2.05) is 24.9 Å². The molecule has 0 amide bonds. The molecule has 1 saturated carbocycles. The van der Waals surface area contributed by atoms with Gasteiger partial charge in [0.1, 0.15) is 11.6 Å². The zero-order valence-electron chi connectivity index (χ0n) is 34.6. The first-order valence-electron chi connectivity index (χ1n) is 21.4. The molecule has 0 bridgehead atoms. The number of pyridine rings is 1. The van der Waals surface area contributed by atoms with Crippen molar-refractivity contribution < 1.29 is 8.78 Å². The Morgan fingerprint density at radius 3 is 2.44 bits per heavy atom. The number of rotatable bonds is 13. The number of nitrogens with zero attached hydrogens (tertiary/aromatic N) is 7. The smallest absolute Gasteiger partial charge is 0.208 e. The molecule has 308 valence electrons. The van der Waals surface area contributed by atoms with E-state index in [-0.39, 0.29) is 5.56 Å². The molecular formula is C47H56F2N10. The highest BCUT2D eigenvalue weighted by Gasteiger charge is 2.35. The number of likely N-dealkylation sites (tertiary alicyclic amines) is 1. The molecule has 9 rings (SSSR count). The number of aryl methyl sites for hydroxylation is 2. The van der Waals surface area contributed by atoms with E-state index < -0.39 is 17.6 Å². The Kier molecular flexibility index (Phi) is 10.5. The third-order valence-electron chi connectivity index (χ3n) is 12.8. The van der Waals surface area contributed by atoms with Gasteiger partial charge in [-0.2, -0.15) is 5.10 Å². The van der Waals surface area contributed by atoms with Crippen LogP contribution in [0, 0.1) is 24.5 Å². The van der Waals surface area contributed by atoms with Gasteiger partial charge in [0, 0.05) is 108 Å². The van der Waals surface area contributed by atoms with Crippen LogP contribution in [0.25, 0.3) is 28.0 Å². The molecule has 6 heterocycles. The minimum absolute atomic E-state index is 0.107. The summed E-state index contributed by atoms with van der Waals surface area (Å²) in [5.74, 6) is 0.0689. The number of piperidine rings is 2. The number of allylic oxidation sites excluding steroid dienone is 2. The second-order valence-corrected chi connectivity index (χ2v) is 17.2. The summed E-state index contributed by atoms with van der Waals surface area (Å²) in [6, 6.07) is 14.5. The molecule has 59 heavy (non-hydrogen) atoms. The van der Waals surface area contributed by atoms with Gasteiger partial charge in [-0.15, -0.1) is 0 Å². The normalized spacial score (nSPS) is 19.3. The van der Waals surface area contributed by atoms with E-state index in [9.17, 15) is 0 Å².